The second kappa shape index (κ2) is 10.7. The molecule has 1 saturated carbocycles. The molecule has 0 radical (unpaired) electrons. The Morgan fingerprint density at radius 2 is 1.71 bits per heavy atom. The van der Waals surface area contributed by atoms with Crippen LogP contribution in [0.1, 0.15) is 49.2 Å². The Bertz CT molecular complexity index is 1140. The first kappa shape index (κ1) is 24.5. The smallest absolute Gasteiger partial charge is 0.330 e. The van der Waals surface area contributed by atoms with Gasteiger partial charge in [-0.1, -0.05) is 60.7 Å². The van der Waals surface area contributed by atoms with E-state index in [9.17, 15) is 9.59 Å². The molecule has 6 nitrogen and oxygen atoms in total. The molecular formula is C29H34N3O3+. The highest BCUT2D eigenvalue weighted by molar-refractivity contribution is 5.91. The first-order chi connectivity index (χ1) is 17.0. The van der Waals surface area contributed by atoms with E-state index in [1.54, 1.807) is 6.92 Å². The van der Waals surface area contributed by atoms with Gasteiger partial charge in [0.2, 0.25) is 5.91 Å². The molecule has 0 unspecified atom stereocenters. The molecule has 1 aliphatic carbocycles. The van der Waals surface area contributed by atoms with Gasteiger partial charge in [-0.15, -0.1) is 0 Å². The van der Waals surface area contributed by atoms with Gasteiger partial charge in [0.1, 0.15) is 30.4 Å². The number of esters is 1. The molecule has 6 heteroatoms. The van der Waals surface area contributed by atoms with Crippen molar-refractivity contribution in [3.05, 3.63) is 102 Å². The maximum atomic E-state index is 13.3. The summed E-state index contributed by atoms with van der Waals surface area (Å²) in [6, 6.07) is 20.2. The number of aromatic nitrogens is 2. The summed E-state index contributed by atoms with van der Waals surface area (Å²) in [7, 11) is 0. The van der Waals surface area contributed by atoms with Crippen LogP contribution in [0.25, 0.3) is 0 Å². The second-order valence-corrected chi connectivity index (χ2v) is 9.13. The van der Waals surface area contributed by atoms with Gasteiger partial charge in [0.05, 0.1) is 6.61 Å². The average Bonchev–Trinajstić information content (AvgIpc) is 3.48. The van der Waals surface area contributed by atoms with Gasteiger partial charge in [0.25, 0.3) is 5.82 Å². The van der Waals surface area contributed by atoms with E-state index in [2.05, 4.69) is 22.3 Å². The highest BCUT2D eigenvalue weighted by Gasteiger charge is 2.51. The van der Waals surface area contributed by atoms with Crippen molar-refractivity contribution in [1.29, 1.82) is 0 Å². The van der Waals surface area contributed by atoms with Crippen molar-refractivity contribution < 1.29 is 18.9 Å². The van der Waals surface area contributed by atoms with Crippen molar-refractivity contribution in [3.8, 4) is 0 Å². The lowest BCUT2D eigenvalue weighted by Gasteiger charge is -2.37. The lowest BCUT2D eigenvalue weighted by atomic mass is 9.64. The number of carbonyl (C=O) groups excluding carboxylic acids is 2. The normalized spacial score (nSPS) is 18.1. The molecule has 0 bridgehead atoms. The SMILES string of the molecule is CCOC(=O)C=CC[n+]1ccn([C@@H]2CC[C@H](C(C(N)=O)(c3ccccc3)c3ccccc3)C2)c1C. The molecule has 1 heterocycles. The van der Waals surface area contributed by atoms with Crippen molar-refractivity contribution >= 4 is 11.9 Å². The van der Waals surface area contributed by atoms with Gasteiger partial charge < -0.3 is 10.5 Å². The number of benzene rings is 2. The van der Waals surface area contributed by atoms with Crippen LogP contribution in [-0.4, -0.2) is 23.1 Å². The van der Waals surface area contributed by atoms with Gasteiger partial charge in [0.15, 0.2) is 0 Å². The van der Waals surface area contributed by atoms with Gasteiger partial charge in [-0.3, -0.25) is 4.79 Å². The molecule has 1 aromatic heterocycles. The van der Waals surface area contributed by atoms with E-state index >= 15 is 0 Å². The molecule has 0 spiro atoms. The highest BCUT2D eigenvalue weighted by atomic mass is 16.5. The monoisotopic (exact) mass is 472 g/mol. The Kier molecular flexibility index (Phi) is 7.49. The zero-order valence-corrected chi connectivity index (χ0v) is 20.5. The number of carbonyl (C=O) groups is 2. The minimum absolute atomic E-state index is 0.0776. The fourth-order valence-electron chi connectivity index (χ4n) is 5.68. The summed E-state index contributed by atoms with van der Waals surface area (Å²) in [5, 5.41) is 0. The molecule has 1 fully saturated rings. The van der Waals surface area contributed by atoms with Crippen LogP contribution in [0.15, 0.2) is 85.2 Å². The number of rotatable bonds is 9. The Balaban J connectivity index is 1.61. The van der Waals surface area contributed by atoms with Crippen LogP contribution in [-0.2, 0) is 26.3 Å². The Morgan fingerprint density at radius 3 is 2.29 bits per heavy atom. The molecule has 1 aliphatic rings. The largest absolute Gasteiger partial charge is 0.463 e. The standard InChI is InChI=1S/C29H33N3O3/c1-3-35-27(33)15-10-18-31-19-20-32(22(31)2)26-17-16-25(21-26)29(28(30)34,23-11-6-4-7-12-23)24-13-8-5-9-14-24/h4-15,19-20,25-26H,3,16-18,21H2,1-2H3,(H-,30,34)/p+1/t25-,26+/m0/s1. The van der Waals surface area contributed by atoms with Crippen LogP contribution in [0, 0.1) is 12.8 Å². The molecule has 4 rings (SSSR count). The fraction of sp³-hybridized carbons (Fsp3) is 0.345. The third kappa shape index (κ3) is 4.78. The lowest BCUT2D eigenvalue weighted by molar-refractivity contribution is -0.692. The van der Waals surface area contributed by atoms with E-state index in [1.165, 1.54) is 6.08 Å². The van der Waals surface area contributed by atoms with Gasteiger partial charge in [-0.05, 0) is 49.3 Å². The average molecular weight is 473 g/mol. The molecule has 1 amide bonds. The summed E-state index contributed by atoms with van der Waals surface area (Å²) >= 11 is 0. The number of ether oxygens (including phenoxy) is 1. The van der Waals surface area contributed by atoms with E-state index in [0.717, 1.165) is 36.2 Å². The zero-order chi connectivity index (χ0) is 24.8. The van der Waals surface area contributed by atoms with Crippen molar-refractivity contribution in [2.75, 3.05) is 6.61 Å². The van der Waals surface area contributed by atoms with E-state index in [1.807, 2.05) is 72.9 Å². The number of primary amides is 1. The molecule has 3 aromatic rings. The number of imidazole rings is 1. The maximum Gasteiger partial charge on any atom is 0.330 e. The number of nitrogens with zero attached hydrogens (tertiary/aromatic N) is 2. The summed E-state index contributed by atoms with van der Waals surface area (Å²) in [6.07, 6.45) is 10.1. The predicted molar refractivity (Wildman–Crippen MR) is 134 cm³/mol. The number of amides is 1. The van der Waals surface area contributed by atoms with Gasteiger partial charge in [-0.25, -0.2) is 13.9 Å². The number of allylic oxidation sites excluding steroid dienone is 1. The van der Waals surface area contributed by atoms with E-state index in [0.29, 0.717) is 13.2 Å². The van der Waals surface area contributed by atoms with E-state index in [-0.39, 0.29) is 23.8 Å². The Hall–Kier alpha value is -3.67. The van der Waals surface area contributed by atoms with Crippen molar-refractivity contribution in [2.45, 2.75) is 51.1 Å². The third-order valence-electron chi connectivity index (χ3n) is 7.30. The van der Waals surface area contributed by atoms with Crippen LogP contribution in [0.2, 0.25) is 0 Å². The molecule has 0 aliphatic heterocycles. The van der Waals surface area contributed by atoms with Crippen molar-refractivity contribution in [3.63, 3.8) is 0 Å². The summed E-state index contributed by atoms with van der Waals surface area (Å²) < 4.78 is 9.36. The van der Waals surface area contributed by atoms with Crippen LogP contribution in [0.5, 0.6) is 0 Å². The summed E-state index contributed by atoms with van der Waals surface area (Å²) in [5.74, 6) is 0.555. The zero-order valence-electron chi connectivity index (χ0n) is 20.5. The number of nitrogens with two attached hydrogens (primary N) is 1. The molecule has 2 atom stereocenters. The van der Waals surface area contributed by atoms with Gasteiger partial charge in [0, 0.05) is 13.0 Å². The van der Waals surface area contributed by atoms with Crippen molar-refractivity contribution in [2.24, 2.45) is 11.7 Å². The van der Waals surface area contributed by atoms with Gasteiger partial charge in [-0.2, -0.15) is 0 Å². The summed E-state index contributed by atoms with van der Waals surface area (Å²) in [5.41, 5.74) is 7.26. The number of hydrogen-bond acceptors (Lipinski definition) is 3. The Labute approximate surface area is 207 Å². The summed E-state index contributed by atoms with van der Waals surface area (Å²) in [4.78, 5) is 24.9. The highest BCUT2D eigenvalue weighted by Crippen LogP contribution is 2.49. The quantitative estimate of drug-likeness (QED) is 0.290. The Morgan fingerprint density at radius 1 is 1.09 bits per heavy atom. The fourth-order valence-corrected chi connectivity index (χ4v) is 5.68. The molecule has 2 N–H and O–H groups in total. The minimum atomic E-state index is -0.878. The van der Waals surface area contributed by atoms with Crippen LogP contribution < -0.4 is 10.3 Å². The summed E-state index contributed by atoms with van der Waals surface area (Å²) in [6.45, 7) is 4.84. The second-order valence-electron chi connectivity index (χ2n) is 9.13. The van der Waals surface area contributed by atoms with Crippen molar-refractivity contribution in [1.82, 2.24) is 4.57 Å². The molecule has 2 aromatic carbocycles. The molecule has 182 valence electrons. The molecular weight excluding hydrogens is 438 g/mol. The molecule has 35 heavy (non-hydrogen) atoms. The molecule has 0 saturated heterocycles. The lowest BCUT2D eigenvalue weighted by Crippen LogP contribution is -2.47. The first-order valence-corrected chi connectivity index (χ1v) is 12.3. The minimum Gasteiger partial charge on any atom is -0.463 e. The van der Waals surface area contributed by atoms with E-state index < -0.39 is 5.41 Å². The predicted octanol–water partition coefficient (Wildman–Crippen LogP) is 4.02. The van der Waals surface area contributed by atoms with E-state index in [4.69, 9.17) is 10.5 Å². The maximum absolute atomic E-state index is 13.3. The van der Waals surface area contributed by atoms with Crippen LogP contribution in [0.3, 0.4) is 0 Å². The number of hydrogen-bond donors (Lipinski definition) is 1. The van der Waals surface area contributed by atoms with Gasteiger partial charge >= 0.3 is 5.97 Å². The van der Waals surface area contributed by atoms with Crippen LogP contribution >= 0.6 is 0 Å². The third-order valence-corrected chi connectivity index (χ3v) is 7.30. The topological polar surface area (TPSA) is 78.2 Å². The first-order valence-electron chi connectivity index (χ1n) is 12.3. The van der Waals surface area contributed by atoms with Crippen LogP contribution in [0.4, 0.5) is 0 Å².